The predicted molar refractivity (Wildman–Crippen MR) is 94.7 cm³/mol. The molecule has 140 valence electrons. The lowest BCUT2D eigenvalue weighted by Gasteiger charge is -2.10. The molecule has 1 N–H and O–H groups in total. The Kier molecular flexibility index (Phi) is 4.97. The van der Waals surface area contributed by atoms with Gasteiger partial charge in [0.2, 0.25) is 0 Å². The average molecular weight is 372 g/mol. The second kappa shape index (κ2) is 7.36. The molecule has 1 atom stereocenters. The average Bonchev–Trinajstić information content (AvgIpc) is 3.23. The van der Waals surface area contributed by atoms with Gasteiger partial charge >= 0.3 is 5.82 Å². The number of anilines is 1. The highest BCUT2D eigenvalue weighted by molar-refractivity contribution is 5.93. The molecule has 1 unspecified atom stereocenters. The minimum atomic E-state index is -0.756. The minimum Gasteiger partial charge on any atom is -0.358 e. The van der Waals surface area contributed by atoms with Crippen LogP contribution in [0.3, 0.4) is 0 Å². The van der Waals surface area contributed by atoms with Crippen molar-refractivity contribution >= 4 is 17.4 Å². The molecule has 0 aliphatic carbocycles. The van der Waals surface area contributed by atoms with Crippen LogP contribution >= 0.6 is 0 Å². The fraction of sp³-hybridized carbons (Fsp3) is 0.235. The molecule has 0 aliphatic heterocycles. The van der Waals surface area contributed by atoms with Gasteiger partial charge in [-0.05, 0) is 24.8 Å². The van der Waals surface area contributed by atoms with E-state index in [-0.39, 0.29) is 18.2 Å². The molecule has 0 bridgehead atoms. The molecule has 1 aromatic carbocycles. The lowest BCUT2D eigenvalue weighted by Crippen LogP contribution is -2.25. The summed E-state index contributed by atoms with van der Waals surface area (Å²) in [5, 5.41) is 21.4. The lowest BCUT2D eigenvalue weighted by molar-refractivity contribution is -0.389. The van der Waals surface area contributed by atoms with E-state index in [2.05, 4.69) is 15.5 Å². The molecule has 10 heteroatoms. The Labute approximate surface area is 153 Å². The van der Waals surface area contributed by atoms with Crippen molar-refractivity contribution in [2.75, 3.05) is 5.32 Å². The first-order chi connectivity index (χ1) is 12.8. The van der Waals surface area contributed by atoms with Crippen LogP contribution in [0.2, 0.25) is 0 Å². The Balaban J connectivity index is 1.69. The van der Waals surface area contributed by atoms with Gasteiger partial charge in [0.05, 0.1) is 35.3 Å². The van der Waals surface area contributed by atoms with E-state index in [1.807, 2.05) is 0 Å². The van der Waals surface area contributed by atoms with E-state index in [9.17, 15) is 19.3 Å². The van der Waals surface area contributed by atoms with Crippen LogP contribution in [0.25, 0.3) is 0 Å². The number of nitro groups is 1. The van der Waals surface area contributed by atoms with Gasteiger partial charge in [0.25, 0.3) is 5.91 Å². The Hall–Kier alpha value is -3.56. The molecule has 27 heavy (non-hydrogen) atoms. The van der Waals surface area contributed by atoms with Crippen molar-refractivity contribution in [2.45, 2.75) is 26.4 Å². The van der Waals surface area contributed by atoms with Gasteiger partial charge in [0.1, 0.15) is 11.9 Å². The van der Waals surface area contributed by atoms with Crippen LogP contribution in [0.1, 0.15) is 24.2 Å². The molecule has 0 spiro atoms. The summed E-state index contributed by atoms with van der Waals surface area (Å²) in [4.78, 5) is 22.6. The maximum absolute atomic E-state index is 13.7. The quantitative estimate of drug-likeness (QED) is 0.529. The van der Waals surface area contributed by atoms with Gasteiger partial charge in [-0.15, -0.1) is 0 Å². The summed E-state index contributed by atoms with van der Waals surface area (Å²) < 4.78 is 16.5. The largest absolute Gasteiger partial charge is 0.390 e. The van der Waals surface area contributed by atoms with Crippen molar-refractivity contribution in [1.29, 1.82) is 0 Å². The summed E-state index contributed by atoms with van der Waals surface area (Å²) in [6.45, 7) is 3.45. The van der Waals surface area contributed by atoms with Gasteiger partial charge in [-0.2, -0.15) is 9.78 Å². The smallest absolute Gasteiger partial charge is 0.358 e. The molecule has 1 amide bonds. The van der Waals surface area contributed by atoms with Gasteiger partial charge in [-0.1, -0.05) is 18.2 Å². The SMILES string of the molecule is Cc1cc([N+](=O)[O-])nn1C(C)C(=O)Nc1cnn(Cc2ccccc2F)c1. The van der Waals surface area contributed by atoms with E-state index in [4.69, 9.17) is 0 Å². The topological polar surface area (TPSA) is 108 Å². The second-order valence-electron chi connectivity index (χ2n) is 6.03. The summed E-state index contributed by atoms with van der Waals surface area (Å²) in [6.07, 6.45) is 3.03. The first kappa shape index (κ1) is 18.2. The highest BCUT2D eigenvalue weighted by Gasteiger charge is 2.24. The first-order valence-electron chi connectivity index (χ1n) is 8.12. The van der Waals surface area contributed by atoms with Crippen molar-refractivity contribution in [1.82, 2.24) is 19.6 Å². The third kappa shape index (κ3) is 4.00. The molecule has 0 fully saturated rings. The monoisotopic (exact) mass is 372 g/mol. The summed E-state index contributed by atoms with van der Waals surface area (Å²) in [7, 11) is 0. The first-order valence-corrected chi connectivity index (χ1v) is 8.12. The fourth-order valence-electron chi connectivity index (χ4n) is 2.63. The van der Waals surface area contributed by atoms with E-state index in [0.717, 1.165) is 0 Å². The zero-order chi connectivity index (χ0) is 19.6. The number of benzene rings is 1. The van der Waals surface area contributed by atoms with E-state index < -0.39 is 16.9 Å². The standard InChI is InChI=1S/C17H17FN6O3/c1-11-7-16(24(26)27)21-23(11)12(2)17(25)20-14-8-19-22(10-14)9-13-5-3-4-6-15(13)18/h3-8,10,12H,9H2,1-2H3,(H,20,25). The number of rotatable bonds is 6. The molecule has 0 radical (unpaired) electrons. The van der Waals surface area contributed by atoms with Crippen LogP contribution in [0.4, 0.5) is 15.9 Å². The van der Waals surface area contributed by atoms with E-state index in [1.54, 1.807) is 38.2 Å². The van der Waals surface area contributed by atoms with Gasteiger partial charge in [-0.25, -0.2) is 4.39 Å². The van der Waals surface area contributed by atoms with Gasteiger partial charge in [0.15, 0.2) is 0 Å². The summed E-state index contributed by atoms with van der Waals surface area (Å²) in [6, 6.07) is 6.91. The number of carbonyl (C=O) groups excluding carboxylic acids is 1. The van der Waals surface area contributed by atoms with Crippen molar-refractivity contribution < 1.29 is 14.1 Å². The highest BCUT2D eigenvalue weighted by atomic mass is 19.1. The molecule has 0 aliphatic rings. The van der Waals surface area contributed by atoms with Gasteiger partial charge in [0, 0.05) is 11.8 Å². The zero-order valence-corrected chi connectivity index (χ0v) is 14.7. The Bertz CT molecular complexity index is 996. The van der Waals surface area contributed by atoms with Crippen molar-refractivity contribution in [3.8, 4) is 0 Å². The van der Waals surface area contributed by atoms with Crippen LogP contribution in [0, 0.1) is 22.9 Å². The summed E-state index contributed by atoms with van der Waals surface area (Å²) in [5.74, 6) is -1.05. The number of hydrogen-bond donors (Lipinski definition) is 1. The highest BCUT2D eigenvalue weighted by Crippen LogP contribution is 2.18. The maximum Gasteiger partial charge on any atom is 0.390 e. The number of nitrogens with zero attached hydrogens (tertiary/aromatic N) is 5. The summed E-state index contributed by atoms with van der Waals surface area (Å²) >= 11 is 0. The number of carbonyl (C=O) groups is 1. The van der Waals surface area contributed by atoms with Crippen molar-refractivity contribution in [3.05, 3.63) is 69.9 Å². The maximum atomic E-state index is 13.7. The van der Waals surface area contributed by atoms with Crippen LogP contribution in [-0.2, 0) is 11.3 Å². The van der Waals surface area contributed by atoms with E-state index in [1.165, 1.54) is 27.7 Å². The Morgan fingerprint density at radius 1 is 1.41 bits per heavy atom. The number of aromatic nitrogens is 4. The van der Waals surface area contributed by atoms with Crippen molar-refractivity contribution in [2.24, 2.45) is 0 Å². The fourth-order valence-corrected chi connectivity index (χ4v) is 2.63. The van der Waals surface area contributed by atoms with Gasteiger partial charge in [-0.3, -0.25) is 9.48 Å². The summed E-state index contributed by atoms with van der Waals surface area (Å²) in [5.41, 5.74) is 1.41. The normalized spacial score (nSPS) is 12.0. The van der Waals surface area contributed by atoms with Crippen LogP contribution in [0.15, 0.2) is 42.7 Å². The second-order valence-corrected chi connectivity index (χ2v) is 6.03. The molecule has 0 saturated carbocycles. The van der Waals surface area contributed by atoms with Crippen LogP contribution in [-0.4, -0.2) is 30.4 Å². The third-order valence-corrected chi connectivity index (χ3v) is 4.03. The van der Waals surface area contributed by atoms with E-state index in [0.29, 0.717) is 16.9 Å². The molecule has 9 nitrogen and oxygen atoms in total. The van der Waals surface area contributed by atoms with Crippen molar-refractivity contribution in [3.63, 3.8) is 0 Å². The molecular formula is C17H17FN6O3. The number of hydrogen-bond acceptors (Lipinski definition) is 5. The minimum absolute atomic E-state index is 0.225. The number of aryl methyl sites for hydroxylation is 1. The molecular weight excluding hydrogens is 355 g/mol. The van der Waals surface area contributed by atoms with Crippen LogP contribution < -0.4 is 5.32 Å². The van der Waals surface area contributed by atoms with E-state index >= 15 is 0 Å². The Morgan fingerprint density at radius 2 is 2.15 bits per heavy atom. The lowest BCUT2D eigenvalue weighted by atomic mass is 10.2. The third-order valence-electron chi connectivity index (χ3n) is 4.03. The predicted octanol–water partition coefficient (Wildman–Crippen LogP) is 2.68. The van der Waals surface area contributed by atoms with Crippen LogP contribution in [0.5, 0.6) is 0 Å². The number of halogens is 1. The Morgan fingerprint density at radius 3 is 2.81 bits per heavy atom. The molecule has 3 rings (SSSR count). The molecule has 2 heterocycles. The van der Waals surface area contributed by atoms with Gasteiger partial charge < -0.3 is 15.4 Å². The molecule has 3 aromatic rings. The zero-order valence-electron chi connectivity index (χ0n) is 14.7. The number of nitrogens with one attached hydrogen (secondary N) is 1. The molecule has 2 aromatic heterocycles. The molecule has 0 saturated heterocycles. The number of amides is 1.